The average Bonchev–Trinajstić information content (AvgIpc) is 1.65. The maximum Gasteiger partial charge on any atom is 0.106 e. The van der Waals surface area contributed by atoms with Crippen molar-refractivity contribution in [3.8, 4) is 0 Å². The molecule has 2 N–H and O–H groups in total. The molecule has 0 aromatic carbocycles. The summed E-state index contributed by atoms with van der Waals surface area (Å²) < 4.78 is 11.2. The minimum atomic E-state index is -0.524. The van der Waals surface area contributed by atoms with Gasteiger partial charge >= 0.3 is 0 Å². The normalized spacial score (nSPS) is 14.5. The Kier molecular flexibility index (Phi) is 3.47. The van der Waals surface area contributed by atoms with Crippen LogP contribution in [0.4, 0.5) is 4.39 Å². The van der Waals surface area contributed by atoms with Crippen LogP contribution in [0, 0.1) is 0 Å². The van der Waals surface area contributed by atoms with Gasteiger partial charge in [0.15, 0.2) is 0 Å². The van der Waals surface area contributed by atoms with Gasteiger partial charge in [0.25, 0.3) is 0 Å². The van der Waals surface area contributed by atoms with Gasteiger partial charge in [-0.3, -0.25) is 0 Å². The summed E-state index contributed by atoms with van der Waals surface area (Å²) in [5.74, 6) is 0.205. The lowest BCUT2D eigenvalue weighted by Gasteiger charge is -1.95. The molecule has 3 heteroatoms. The molecule has 0 aromatic rings. The molecule has 0 amide bonds. The van der Waals surface area contributed by atoms with E-state index in [0.717, 1.165) is 0 Å². The highest BCUT2D eigenvalue weighted by molar-refractivity contribution is 6.18. The first-order chi connectivity index (χ1) is 2.81. The van der Waals surface area contributed by atoms with Gasteiger partial charge in [0.2, 0.25) is 0 Å². The SMILES string of the molecule is NC(CF)CCl. The van der Waals surface area contributed by atoms with Crippen LogP contribution in [0.3, 0.4) is 0 Å². The lowest BCUT2D eigenvalue weighted by atomic mass is 10.4. The van der Waals surface area contributed by atoms with Crippen LogP contribution < -0.4 is 5.73 Å². The van der Waals surface area contributed by atoms with Crippen LogP contribution >= 0.6 is 11.6 Å². The molecule has 0 heterocycles. The molecule has 0 aliphatic rings. The first-order valence-electron chi connectivity index (χ1n) is 1.68. The Morgan fingerprint density at radius 3 is 2.33 bits per heavy atom. The lowest BCUT2D eigenvalue weighted by Crippen LogP contribution is -2.23. The summed E-state index contributed by atoms with van der Waals surface area (Å²) in [6.07, 6.45) is 0. The molecule has 0 aromatic heterocycles. The first-order valence-corrected chi connectivity index (χ1v) is 2.22. The van der Waals surface area contributed by atoms with E-state index in [1.165, 1.54) is 0 Å². The van der Waals surface area contributed by atoms with Gasteiger partial charge in [-0.15, -0.1) is 11.6 Å². The van der Waals surface area contributed by atoms with Crippen LogP contribution in [-0.2, 0) is 0 Å². The fraction of sp³-hybridized carbons (Fsp3) is 1.00. The van der Waals surface area contributed by atoms with Crippen molar-refractivity contribution in [2.75, 3.05) is 12.6 Å². The number of nitrogens with two attached hydrogens (primary N) is 1. The van der Waals surface area contributed by atoms with E-state index < -0.39 is 12.7 Å². The summed E-state index contributed by atoms with van der Waals surface area (Å²) >= 11 is 5.09. The van der Waals surface area contributed by atoms with E-state index in [1.807, 2.05) is 0 Å². The molecule has 0 spiro atoms. The van der Waals surface area contributed by atoms with Crippen molar-refractivity contribution < 1.29 is 4.39 Å². The summed E-state index contributed by atoms with van der Waals surface area (Å²) in [5, 5.41) is 0. The third-order valence-corrected chi connectivity index (χ3v) is 0.793. The zero-order valence-electron chi connectivity index (χ0n) is 3.32. The third-order valence-electron chi connectivity index (χ3n) is 0.396. The molecule has 0 saturated carbocycles. The van der Waals surface area contributed by atoms with Gasteiger partial charge in [0.1, 0.15) is 6.67 Å². The van der Waals surface area contributed by atoms with Gasteiger partial charge in [-0.2, -0.15) is 0 Å². The monoisotopic (exact) mass is 111 g/mol. The summed E-state index contributed by atoms with van der Waals surface area (Å²) in [6.45, 7) is -0.524. The second-order valence-corrected chi connectivity index (χ2v) is 1.38. The van der Waals surface area contributed by atoms with Crippen LogP contribution in [0.1, 0.15) is 0 Å². The van der Waals surface area contributed by atoms with Crippen molar-refractivity contribution in [2.24, 2.45) is 5.73 Å². The predicted molar refractivity (Wildman–Crippen MR) is 24.7 cm³/mol. The fourth-order valence-corrected chi connectivity index (χ4v) is 0.124. The highest BCUT2D eigenvalue weighted by Crippen LogP contribution is 1.81. The summed E-state index contributed by atoms with van der Waals surface area (Å²) in [5.41, 5.74) is 4.97. The standard InChI is InChI=1S/C3H7ClFN/c4-1-3(6)2-5/h3H,1-2,6H2. The summed E-state index contributed by atoms with van der Waals surface area (Å²) in [6, 6.07) is -0.466. The summed E-state index contributed by atoms with van der Waals surface area (Å²) in [7, 11) is 0. The zero-order valence-corrected chi connectivity index (χ0v) is 4.08. The highest BCUT2D eigenvalue weighted by atomic mass is 35.5. The van der Waals surface area contributed by atoms with Gasteiger partial charge in [-0.1, -0.05) is 0 Å². The highest BCUT2D eigenvalue weighted by Gasteiger charge is 1.93. The molecule has 0 fully saturated rings. The Morgan fingerprint density at radius 2 is 2.33 bits per heavy atom. The molecule has 6 heavy (non-hydrogen) atoms. The van der Waals surface area contributed by atoms with Gasteiger partial charge in [-0.05, 0) is 0 Å². The van der Waals surface area contributed by atoms with E-state index >= 15 is 0 Å². The van der Waals surface area contributed by atoms with E-state index in [0.29, 0.717) is 0 Å². The molecule has 0 rings (SSSR count). The second kappa shape index (κ2) is 3.37. The molecular formula is C3H7ClFN. The van der Waals surface area contributed by atoms with Gasteiger partial charge in [0.05, 0.1) is 0 Å². The van der Waals surface area contributed by atoms with Gasteiger partial charge in [0, 0.05) is 11.9 Å². The minimum Gasteiger partial charge on any atom is -0.324 e. The molecule has 0 aliphatic carbocycles. The van der Waals surface area contributed by atoms with E-state index in [-0.39, 0.29) is 5.88 Å². The van der Waals surface area contributed by atoms with Crippen LogP contribution in [0.5, 0.6) is 0 Å². The molecule has 1 atom stereocenters. The van der Waals surface area contributed by atoms with E-state index in [4.69, 9.17) is 17.3 Å². The van der Waals surface area contributed by atoms with Gasteiger partial charge < -0.3 is 5.73 Å². The molecule has 0 aliphatic heterocycles. The maximum absolute atomic E-state index is 11.2. The van der Waals surface area contributed by atoms with Crippen molar-refractivity contribution in [1.82, 2.24) is 0 Å². The molecule has 38 valence electrons. The Morgan fingerprint density at radius 1 is 1.83 bits per heavy atom. The zero-order chi connectivity index (χ0) is 4.99. The second-order valence-electron chi connectivity index (χ2n) is 1.07. The number of hydrogen-bond acceptors (Lipinski definition) is 1. The van der Waals surface area contributed by atoms with Crippen LogP contribution in [0.2, 0.25) is 0 Å². The quantitative estimate of drug-likeness (QED) is 0.517. The van der Waals surface area contributed by atoms with E-state index in [1.54, 1.807) is 0 Å². The Bertz CT molecular complexity index is 30.0. The third kappa shape index (κ3) is 2.42. The van der Waals surface area contributed by atoms with Crippen molar-refractivity contribution in [3.63, 3.8) is 0 Å². The number of rotatable bonds is 2. The van der Waals surface area contributed by atoms with Crippen molar-refractivity contribution in [1.29, 1.82) is 0 Å². The van der Waals surface area contributed by atoms with E-state index in [9.17, 15) is 4.39 Å². The predicted octanol–water partition coefficient (Wildman–Crippen LogP) is 0.522. The molecule has 0 saturated heterocycles. The van der Waals surface area contributed by atoms with E-state index in [2.05, 4.69) is 0 Å². The molecule has 0 bridgehead atoms. The van der Waals surface area contributed by atoms with Crippen molar-refractivity contribution in [2.45, 2.75) is 6.04 Å². The topological polar surface area (TPSA) is 26.0 Å². The average molecular weight is 112 g/mol. The number of alkyl halides is 2. The fourth-order valence-electron chi connectivity index (χ4n) is 0.0412. The van der Waals surface area contributed by atoms with Crippen molar-refractivity contribution >= 4 is 11.6 Å². The Hall–Kier alpha value is 0.180. The van der Waals surface area contributed by atoms with Crippen molar-refractivity contribution in [3.05, 3.63) is 0 Å². The molecular weight excluding hydrogens is 104 g/mol. The molecule has 0 radical (unpaired) electrons. The largest absolute Gasteiger partial charge is 0.324 e. The lowest BCUT2D eigenvalue weighted by molar-refractivity contribution is 0.448. The smallest absolute Gasteiger partial charge is 0.106 e. The Balaban J connectivity index is 2.75. The van der Waals surface area contributed by atoms with Crippen LogP contribution in [0.15, 0.2) is 0 Å². The van der Waals surface area contributed by atoms with Crippen LogP contribution in [0.25, 0.3) is 0 Å². The minimum absolute atomic E-state index is 0.205. The molecule has 1 unspecified atom stereocenters. The first kappa shape index (κ1) is 6.18. The van der Waals surface area contributed by atoms with Crippen LogP contribution in [-0.4, -0.2) is 18.6 Å². The number of halogens is 2. The Labute approximate surface area is 41.3 Å². The maximum atomic E-state index is 11.2. The number of hydrogen-bond donors (Lipinski definition) is 1. The summed E-state index contributed by atoms with van der Waals surface area (Å²) in [4.78, 5) is 0. The molecule has 1 nitrogen and oxygen atoms in total. The van der Waals surface area contributed by atoms with Gasteiger partial charge in [-0.25, -0.2) is 4.39 Å².